The first kappa shape index (κ1) is 15.3. The summed E-state index contributed by atoms with van der Waals surface area (Å²) in [5.74, 6) is -0.365. The normalized spacial score (nSPS) is 20.1. The summed E-state index contributed by atoms with van der Waals surface area (Å²) in [5, 5.41) is 0. The first-order valence-corrected chi connectivity index (χ1v) is 7.02. The molecule has 4 N–H and O–H groups in total. The number of rotatable bonds is 4. The zero-order chi connectivity index (χ0) is 15.6. The number of anilines is 1. The lowest BCUT2D eigenvalue weighted by Crippen LogP contribution is -2.58. The molecule has 2 rings (SSSR count). The van der Waals surface area contributed by atoms with Crippen LogP contribution in [-0.2, 0) is 9.59 Å². The van der Waals surface area contributed by atoms with Crippen LogP contribution in [0.25, 0.3) is 0 Å². The molecule has 1 aliphatic rings. The average molecular weight is 291 g/mol. The van der Waals surface area contributed by atoms with Crippen molar-refractivity contribution in [2.45, 2.75) is 38.3 Å². The van der Waals surface area contributed by atoms with Crippen LogP contribution >= 0.6 is 0 Å². The van der Waals surface area contributed by atoms with Gasteiger partial charge in [-0.05, 0) is 25.5 Å². The molecule has 1 aliphatic heterocycles. The standard InChI is InChI=1S/C15H21N3O3/c1-3-8-15(2,17)14(20)18-9-12(13(16)19)21-11-7-5-4-6-10(11)18/h4-7,12H,3,8-9,17H2,1-2H3,(H2,16,19). The minimum atomic E-state index is -0.985. The Bertz CT molecular complexity index is 557. The topological polar surface area (TPSA) is 98.7 Å². The van der Waals surface area contributed by atoms with Gasteiger partial charge < -0.3 is 21.1 Å². The second kappa shape index (κ2) is 5.73. The maximum absolute atomic E-state index is 12.7. The molecular formula is C15H21N3O3. The fourth-order valence-electron chi connectivity index (χ4n) is 2.51. The fourth-order valence-corrected chi connectivity index (χ4v) is 2.51. The zero-order valence-electron chi connectivity index (χ0n) is 12.3. The summed E-state index contributed by atoms with van der Waals surface area (Å²) in [7, 11) is 0. The van der Waals surface area contributed by atoms with Crippen molar-refractivity contribution >= 4 is 17.5 Å². The number of carbonyl (C=O) groups is 2. The van der Waals surface area contributed by atoms with Crippen molar-refractivity contribution in [1.29, 1.82) is 0 Å². The lowest BCUT2D eigenvalue weighted by Gasteiger charge is -2.37. The number of primary amides is 1. The van der Waals surface area contributed by atoms with Crippen LogP contribution in [0.4, 0.5) is 5.69 Å². The highest BCUT2D eigenvalue weighted by molar-refractivity contribution is 6.02. The quantitative estimate of drug-likeness (QED) is 0.856. The molecule has 2 unspecified atom stereocenters. The Morgan fingerprint density at radius 1 is 1.43 bits per heavy atom. The fraction of sp³-hybridized carbons (Fsp3) is 0.467. The van der Waals surface area contributed by atoms with Gasteiger partial charge in [0.2, 0.25) is 5.91 Å². The Labute approximate surface area is 124 Å². The van der Waals surface area contributed by atoms with E-state index in [0.29, 0.717) is 17.9 Å². The SMILES string of the molecule is CCCC(C)(N)C(=O)N1CC(C(N)=O)Oc2ccccc21. The lowest BCUT2D eigenvalue weighted by atomic mass is 9.94. The largest absolute Gasteiger partial charge is 0.477 e. The van der Waals surface area contributed by atoms with Crippen molar-refractivity contribution in [1.82, 2.24) is 0 Å². The minimum Gasteiger partial charge on any atom is -0.477 e. The van der Waals surface area contributed by atoms with E-state index >= 15 is 0 Å². The van der Waals surface area contributed by atoms with Gasteiger partial charge in [-0.3, -0.25) is 9.59 Å². The van der Waals surface area contributed by atoms with E-state index in [9.17, 15) is 9.59 Å². The molecule has 0 aliphatic carbocycles. The van der Waals surface area contributed by atoms with Crippen molar-refractivity contribution < 1.29 is 14.3 Å². The Morgan fingerprint density at radius 2 is 2.10 bits per heavy atom. The van der Waals surface area contributed by atoms with Gasteiger partial charge in [0.1, 0.15) is 5.75 Å². The number of hydrogen-bond acceptors (Lipinski definition) is 4. The van der Waals surface area contributed by atoms with Crippen molar-refractivity contribution in [2.24, 2.45) is 11.5 Å². The number of hydrogen-bond donors (Lipinski definition) is 2. The molecule has 6 heteroatoms. The maximum atomic E-state index is 12.7. The van der Waals surface area contributed by atoms with Gasteiger partial charge in [0.25, 0.3) is 5.91 Å². The Morgan fingerprint density at radius 3 is 2.71 bits per heavy atom. The molecule has 1 aromatic rings. The molecule has 21 heavy (non-hydrogen) atoms. The highest BCUT2D eigenvalue weighted by Crippen LogP contribution is 2.34. The van der Waals surface area contributed by atoms with Crippen molar-refractivity contribution in [2.75, 3.05) is 11.4 Å². The van der Waals surface area contributed by atoms with E-state index in [1.807, 2.05) is 6.92 Å². The molecule has 2 amide bonds. The Kier molecular flexibility index (Phi) is 4.18. The van der Waals surface area contributed by atoms with Crippen LogP contribution in [0.2, 0.25) is 0 Å². The maximum Gasteiger partial charge on any atom is 0.260 e. The molecule has 0 bridgehead atoms. The van der Waals surface area contributed by atoms with Gasteiger partial charge in [-0.15, -0.1) is 0 Å². The molecular weight excluding hydrogens is 270 g/mol. The van der Waals surface area contributed by atoms with Crippen LogP contribution in [0.15, 0.2) is 24.3 Å². The number of benzene rings is 1. The van der Waals surface area contributed by atoms with Gasteiger partial charge in [0, 0.05) is 0 Å². The van der Waals surface area contributed by atoms with Crippen LogP contribution in [0, 0.1) is 0 Å². The Balaban J connectivity index is 2.37. The monoisotopic (exact) mass is 291 g/mol. The van der Waals surface area contributed by atoms with Crippen molar-refractivity contribution in [3.8, 4) is 5.75 Å². The zero-order valence-corrected chi connectivity index (χ0v) is 12.3. The number of ether oxygens (including phenoxy) is 1. The van der Waals surface area contributed by atoms with Gasteiger partial charge in [0.15, 0.2) is 6.10 Å². The molecule has 0 spiro atoms. The first-order chi connectivity index (χ1) is 9.86. The summed E-state index contributed by atoms with van der Waals surface area (Å²) in [6, 6.07) is 7.06. The van der Waals surface area contributed by atoms with Crippen molar-refractivity contribution in [3.05, 3.63) is 24.3 Å². The molecule has 0 aromatic heterocycles. The van der Waals surface area contributed by atoms with Crippen molar-refractivity contribution in [3.63, 3.8) is 0 Å². The summed E-state index contributed by atoms with van der Waals surface area (Å²) in [5.41, 5.74) is 11.1. The van der Waals surface area contributed by atoms with E-state index < -0.39 is 17.6 Å². The second-order valence-electron chi connectivity index (χ2n) is 5.56. The summed E-state index contributed by atoms with van der Waals surface area (Å²) in [6.07, 6.45) is 0.498. The van der Waals surface area contributed by atoms with Gasteiger partial charge in [0.05, 0.1) is 17.8 Å². The third-order valence-electron chi connectivity index (χ3n) is 3.59. The molecule has 0 saturated carbocycles. The smallest absolute Gasteiger partial charge is 0.260 e. The predicted molar refractivity (Wildman–Crippen MR) is 79.9 cm³/mol. The van der Waals surface area contributed by atoms with E-state index in [1.54, 1.807) is 31.2 Å². The number of fused-ring (bicyclic) bond motifs is 1. The minimum absolute atomic E-state index is 0.0850. The molecule has 1 aromatic carbocycles. The lowest BCUT2D eigenvalue weighted by molar-refractivity contribution is -0.126. The third kappa shape index (κ3) is 3.00. The molecule has 0 saturated heterocycles. The summed E-state index contributed by atoms with van der Waals surface area (Å²) < 4.78 is 5.54. The van der Waals surface area contributed by atoms with Crippen LogP contribution in [-0.4, -0.2) is 30.0 Å². The number of para-hydroxylation sites is 2. The molecule has 6 nitrogen and oxygen atoms in total. The summed E-state index contributed by atoms with van der Waals surface area (Å²) in [6.45, 7) is 3.76. The number of nitrogens with zero attached hydrogens (tertiary/aromatic N) is 1. The van der Waals surface area contributed by atoms with Gasteiger partial charge in [-0.2, -0.15) is 0 Å². The van der Waals surface area contributed by atoms with Crippen LogP contribution in [0.5, 0.6) is 5.75 Å². The second-order valence-corrected chi connectivity index (χ2v) is 5.56. The molecule has 114 valence electrons. The van der Waals surface area contributed by atoms with Gasteiger partial charge >= 0.3 is 0 Å². The summed E-state index contributed by atoms with van der Waals surface area (Å²) >= 11 is 0. The molecule has 0 radical (unpaired) electrons. The first-order valence-electron chi connectivity index (χ1n) is 7.02. The van der Waals surface area contributed by atoms with E-state index in [2.05, 4.69) is 0 Å². The van der Waals surface area contributed by atoms with Gasteiger partial charge in [-0.1, -0.05) is 25.5 Å². The van der Waals surface area contributed by atoms with Crippen LogP contribution in [0.3, 0.4) is 0 Å². The van der Waals surface area contributed by atoms with Crippen LogP contribution < -0.4 is 21.1 Å². The number of carbonyl (C=O) groups excluding carboxylic acids is 2. The van der Waals surface area contributed by atoms with Crippen LogP contribution in [0.1, 0.15) is 26.7 Å². The number of nitrogens with two attached hydrogens (primary N) is 2. The van der Waals surface area contributed by atoms with E-state index in [-0.39, 0.29) is 12.5 Å². The third-order valence-corrected chi connectivity index (χ3v) is 3.59. The van der Waals surface area contributed by atoms with E-state index in [0.717, 1.165) is 6.42 Å². The average Bonchev–Trinajstić information content (AvgIpc) is 2.45. The van der Waals surface area contributed by atoms with Gasteiger partial charge in [-0.25, -0.2) is 0 Å². The molecule has 1 heterocycles. The van der Waals surface area contributed by atoms with E-state index in [4.69, 9.17) is 16.2 Å². The highest BCUT2D eigenvalue weighted by Gasteiger charge is 2.38. The number of amides is 2. The predicted octanol–water partition coefficient (Wildman–Crippen LogP) is 0.783. The Hall–Kier alpha value is -2.08. The highest BCUT2D eigenvalue weighted by atomic mass is 16.5. The molecule has 0 fully saturated rings. The molecule has 2 atom stereocenters. The summed E-state index contributed by atoms with van der Waals surface area (Å²) in [4.78, 5) is 25.7. The van der Waals surface area contributed by atoms with E-state index in [1.165, 1.54) is 4.90 Å².